The van der Waals surface area contributed by atoms with Crippen molar-refractivity contribution < 1.29 is 37.3 Å². The predicted molar refractivity (Wildman–Crippen MR) is 172 cm³/mol. The molecular weight excluding hydrogens is 615 g/mol. The summed E-state index contributed by atoms with van der Waals surface area (Å²) in [5.41, 5.74) is 13.3. The average molecular weight is 656 g/mol. The van der Waals surface area contributed by atoms with Gasteiger partial charge in [0.2, 0.25) is 12.3 Å². The Morgan fingerprint density at radius 3 is 2.13 bits per heavy atom. The zero-order chi connectivity index (χ0) is 35.6. The summed E-state index contributed by atoms with van der Waals surface area (Å²) < 4.78 is 46.8. The molecule has 2 amide bonds. The van der Waals surface area contributed by atoms with Gasteiger partial charge in [-0.25, -0.2) is 0 Å². The Morgan fingerprint density at radius 1 is 1.09 bits per heavy atom. The molecule has 0 bridgehead atoms. The van der Waals surface area contributed by atoms with Gasteiger partial charge in [0.1, 0.15) is 17.5 Å². The van der Waals surface area contributed by atoms with Gasteiger partial charge in [0.05, 0.1) is 30.0 Å². The van der Waals surface area contributed by atoms with Crippen LogP contribution in [0.1, 0.15) is 68.8 Å². The van der Waals surface area contributed by atoms with Crippen molar-refractivity contribution in [3.8, 4) is 17.6 Å². The van der Waals surface area contributed by atoms with Crippen LogP contribution in [-0.4, -0.2) is 48.8 Å². The number of primary amides is 1. The fraction of sp³-hybridized carbons (Fsp3) is 0.353. The highest BCUT2D eigenvalue weighted by Gasteiger charge is 2.53. The van der Waals surface area contributed by atoms with E-state index in [-0.39, 0.29) is 17.6 Å². The lowest BCUT2D eigenvalue weighted by molar-refractivity contribution is -0.274. The summed E-state index contributed by atoms with van der Waals surface area (Å²) in [4.78, 5) is 23.1. The van der Waals surface area contributed by atoms with Crippen LogP contribution in [-0.2, 0) is 15.0 Å². The molecule has 10 nitrogen and oxygen atoms in total. The van der Waals surface area contributed by atoms with Crippen molar-refractivity contribution in [1.82, 2.24) is 0 Å². The Hall–Kier alpha value is -4.93. The standard InChI is InChI=1S/C20H16F3N3O2.C9H11NO.C4H10O.CH3NO/c21-20(22,23)28-14-5-6-15-16(9-14)26(11-19(15)7-8-19)18(27)17(25)13-3-1-12(10-24)2-4-13;1-7(10)8-4-3-5-9(6-8)11-2;1-4(2,3)5;2-1-3/h1-6,9,17H,7-8,11,25H2;3-6,10H,1-2H3;5H,1-3H3;1H,(H2,2,3). The number of ether oxygens (including phenoxy) is 2. The lowest BCUT2D eigenvalue weighted by Crippen LogP contribution is -2.39. The highest BCUT2D eigenvalue weighted by molar-refractivity contribution is 6.00. The van der Waals surface area contributed by atoms with Crippen LogP contribution in [0.15, 0.2) is 66.7 Å². The molecule has 1 saturated carbocycles. The Bertz CT molecular complexity index is 1570. The van der Waals surface area contributed by atoms with Gasteiger partial charge in [-0.3, -0.25) is 9.59 Å². The Kier molecular flexibility index (Phi) is 13.1. The first kappa shape index (κ1) is 38.3. The lowest BCUT2D eigenvalue weighted by atomic mass is 9.99. The second-order valence-electron chi connectivity index (χ2n) is 11.8. The molecule has 1 aliphatic heterocycles. The molecule has 1 spiro atoms. The Balaban J connectivity index is 0.000000332. The summed E-state index contributed by atoms with van der Waals surface area (Å²) in [7, 11) is 1.62. The van der Waals surface area contributed by atoms with E-state index in [0.29, 0.717) is 29.1 Å². The van der Waals surface area contributed by atoms with Crippen LogP contribution in [0.2, 0.25) is 0 Å². The molecule has 1 unspecified atom stereocenters. The van der Waals surface area contributed by atoms with E-state index in [1.165, 1.54) is 17.0 Å². The highest BCUT2D eigenvalue weighted by atomic mass is 19.4. The number of nitriles is 1. The van der Waals surface area contributed by atoms with Gasteiger partial charge >= 0.3 is 6.36 Å². The van der Waals surface area contributed by atoms with Gasteiger partial charge in [0, 0.05) is 23.7 Å². The van der Waals surface area contributed by atoms with Crippen LogP contribution in [0.25, 0.3) is 0 Å². The van der Waals surface area contributed by atoms with Crippen LogP contribution in [0.5, 0.6) is 11.5 Å². The molecule has 13 heteroatoms. The monoisotopic (exact) mass is 655 g/mol. The number of halogens is 3. The maximum Gasteiger partial charge on any atom is 0.573 e. The smallest absolute Gasteiger partial charge is 0.497 e. The van der Waals surface area contributed by atoms with Gasteiger partial charge in [0.15, 0.2) is 0 Å². The van der Waals surface area contributed by atoms with E-state index in [4.69, 9.17) is 31.0 Å². The van der Waals surface area contributed by atoms with E-state index >= 15 is 0 Å². The number of carbonyl (C=O) groups is 2. The topological polar surface area (TPSA) is 176 Å². The Labute approximate surface area is 272 Å². The van der Waals surface area contributed by atoms with Crippen molar-refractivity contribution in [1.29, 1.82) is 10.7 Å². The number of nitrogens with one attached hydrogen (secondary N) is 1. The summed E-state index contributed by atoms with van der Waals surface area (Å²) in [6.07, 6.45) is -2.82. The number of anilines is 1. The number of hydrogen-bond acceptors (Lipinski definition) is 8. The number of rotatable bonds is 5. The zero-order valence-electron chi connectivity index (χ0n) is 26.9. The van der Waals surface area contributed by atoms with E-state index in [0.717, 1.165) is 29.7 Å². The van der Waals surface area contributed by atoms with E-state index in [1.807, 2.05) is 30.3 Å². The van der Waals surface area contributed by atoms with Crippen LogP contribution < -0.4 is 25.8 Å². The van der Waals surface area contributed by atoms with Crippen LogP contribution >= 0.6 is 0 Å². The van der Waals surface area contributed by atoms with Gasteiger partial charge < -0.3 is 36.4 Å². The van der Waals surface area contributed by atoms with Gasteiger partial charge in [-0.2, -0.15) is 5.26 Å². The second-order valence-corrected chi connectivity index (χ2v) is 11.8. The summed E-state index contributed by atoms with van der Waals surface area (Å²) in [5.74, 6) is 0.0293. The third kappa shape index (κ3) is 11.7. The molecule has 1 heterocycles. The maximum absolute atomic E-state index is 13.0. The van der Waals surface area contributed by atoms with Crippen LogP contribution in [0, 0.1) is 16.7 Å². The number of aliphatic hydroxyl groups is 1. The lowest BCUT2D eigenvalue weighted by Gasteiger charge is -2.22. The third-order valence-corrected chi connectivity index (χ3v) is 6.81. The van der Waals surface area contributed by atoms with Crippen molar-refractivity contribution >= 4 is 23.7 Å². The molecule has 3 aromatic carbocycles. The van der Waals surface area contributed by atoms with Crippen molar-refractivity contribution in [2.75, 3.05) is 18.6 Å². The fourth-order valence-corrected chi connectivity index (χ4v) is 4.56. The van der Waals surface area contributed by atoms with Crippen molar-refractivity contribution in [2.45, 2.75) is 64.0 Å². The largest absolute Gasteiger partial charge is 0.573 e. The molecule has 0 radical (unpaired) electrons. The number of alkyl halides is 3. The first-order chi connectivity index (χ1) is 21.9. The average Bonchev–Trinajstić information content (AvgIpc) is 3.71. The molecule has 1 fully saturated rings. The van der Waals surface area contributed by atoms with Gasteiger partial charge in [-0.1, -0.05) is 30.3 Å². The summed E-state index contributed by atoms with van der Waals surface area (Å²) >= 11 is 0. The molecule has 0 aromatic heterocycles. The number of benzene rings is 3. The number of carbonyl (C=O) groups excluding carboxylic acids is 2. The molecule has 3 aromatic rings. The van der Waals surface area contributed by atoms with E-state index in [2.05, 4.69) is 10.5 Å². The van der Waals surface area contributed by atoms with E-state index < -0.39 is 23.9 Å². The fourth-order valence-electron chi connectivity index (χ4n) is 4.56. The Morgan fingerprint density at radius 2 is 1.66 bits per heavy atom. The summed E-state index contributed by atoms with van der Waals surface area (Å²) in [5, 5.41) is 24.8. The number of nitrogens with two attached hydrogens (primary N) is 2. The SMILES string of the molecule is CC(C)(C)O.COc1cccc(C(C)=N)c1.N#Cc1ccc(C(N)C(=O)N2CC3(CC3)c3ccc(OC(F)(F)F)cc32)cc1.NC=O. The van der Waals surface area contributed by atoms with Crippen molar-refractivity contribution in [2.24, 2.45) is 11.5 Å². The molecule has 6 N–H and O–H groups in total. The minimum Gasteiger partial charge on any atom is -0.497 e. The van der Waals surface area contributed by atoms with Gasteiger partial charge in [-0.05, 0) is 87.6 Å². The van der Waals surface area contributed by atoms with Crippen LogP contribution in [0.4, 0.5) is 18.9 Å². The molecule has 1 aliphatic carbocycles. The van der Waals surface area contributed by atoms with Crippen molar-refractivity contribution in [3.05, 3.63) is 89.0 Å². The molecular formula is C34H40F3N5O5. The van der Waals surface area contributed by atoms with Gasteiger partial charge in [0.25, 0.3) is 0 Å². The third-order valence-electron chi connectivity index (χ3n) is 6.81. The number of hydrogen-bond donors (Lipinski definition) is 4. The molecule has 5 rings (SSSR count). The zero-order valence-corrected chi connectivity index (χ0v) is 26.9. The first-order valence-corrected chi connectivity index (χ1v) is 14.4. The van der Waals surface area contributed by atoms with E-state index in [1.54, 1.807) is 65.1 Å². The molecule has 0 saturated heterocycles. The number of nitrogens with zero attached hydrogens (tertiary/aromatic N) is 2. The molecule has 252 valence electrons. The molecule has 2 aliphatic rings. The summed E-state index contributed by atoms with van der Waals surface area (Å²) in [6, 6.07) is 19.0. The first-order valence-electron chi connectivity index (χ1n) is 14.4. The number of fused-ring (bicyclic) bond motifs is 2. The predicted octanol–water partition coefficient (Wildman–Crippen LogP) is 5.50. The highest BCUT2D eigenvalue weighted by Crippen LogP contribution is 2.57. The summed E-state index contributed by atoms with van der Waals surface area (Å²) in [6.45, 7) is 7.38. The van der Waals surface area contributed by atoms with Gasteiger partial charge in [-0.15, -0.1) is 13.2 Å². The number of amides is 2. The van der Waals surface area contributed by atoms with E-state index in [9.17, 15) is 18.0 Å². The minimum absolute atomic E-state index is 0.202. The quantitative estimate of drug-likeness (QED) is 0.207. The minimum atomic E-state index is -4.81. The second kappa shape index (κ2) is 16.1. The molecule has 47 heavy (non-hydrogen) atoms. The molecule has 1 atom stereocenters. The maximum atomic E-state index is 13.0. The van der Waals surface area contributed by atoms with Crippen LogP contribution in [0.3, 0.4) is 0 Å². The normalized spacial score (nSPS) is 14.3. The number of methoxy groups -OCH3 is 1. The van der Waals surface area contributed by atoms with Crippen molar-refractivity contribution in [3.63, 3.8) is 0 Å².